The summed E-state index contributed by atoms with van der Waals surface area (Å²) in [4.78, 5) is 23.3. The van der Waals surface area contributed by atoms with E-state index in [0.717, 1.165) is 0 Å². The van der Waals surface area contributed by atoms with Crippen LogP contribution in [0.2, 0.25) is 0 Å². The normalized spacial score (nSPS) is 12.4. The van der Waals surface area contributed by atoms with Crippen LogP contribution in [-0.4, -0.2) is 29.7 Å². The molecular formula is C8H15NO2. The minimum Gasteiger partial charge on any atom is -0.336 e. The van der Waals surface area contributed by atoms with Crippen molar-refractivity contribution < 1.29 is 9.59 Å². The van der Waals surface area contributed by atoms with Crippen molar-refractivity contribution in [2.24, 2.45) is 0 Å². The molecule has 64 valence electrons. The van der Waals surface area contributed by atoms with Gasteiger partial charge in [0.25, 0.3) is 0 Å². The van der Waals surface area contributed by atoms with E-state index in [9.17, 15) is 9.59 Å². The summed E-state index contributed by atoms with van der Waals surface area (Å²) < 4.78 is 0. The average Bonchev–Trinajstić information content (AvgIpc) is 2.00. The average molecular weight is 157 g/mol. The molecule has 1 amide bonds. The third kappa shape index (κ3) is 2.70. The second kappa shape index (κ2) is 4.11. The number of rotatable bonds is 3. The van der Waals surface area contributed by atoms with Crippen LogP contribution in [0.25, 0.3) is 0 Å². The highest BCUT2D eigenvalue weighted by Crippen LogP contribution is 1.99. The fourth-order valence-corrected chi connectivity index (χ4v) is 0.738. The van der Waals surface area contributed by atoms with Crippen LogP contribution in [0.15, 0.2) is 0 Å². The molecule has 0 spiro atoms. The van der Waals surface area contributed by atoms with E-state index in [0.29, 0.717) is 6.42 Å². The van der Waals surface area contributed by atoms with Gasteiger partial charge >= 0.3 is 0 Å². The van der Waals surface area contributed by atoms with Crippen LogP contribution in [0.4, 0.5) is 0 Å². The molecule has 0 aliphatic carbocycles. The standard InChI is InChI=1S/C8H15NO2/c1-5-8(11)9(4)6(2)7(3)10/h6H,5H2,1-4H3. The molecule has 0 fully saturated rings. The number of hydrogen-bond donors (Lipinski definition) is 0. The van der Waals surface area contributed by atoms with Crippen LogP contribution >= 0.6 is 0 Å². The lowest BCUT2D eigenvalue weighted by Crippen LogP contribution is -2.38. The van der Waals surface area contributed by atoms with E-state index in [2.05, 4.69) is 0 Å². The number of hydrogen-bond acceptors (Lipinski definition) is 2. The van der Waals surface area contributed by atoms with Crippen molar-refractivity contribution in [2.45, 2.75) is 33.2 Å². The van der Waals surface area contributed by atoms with Gasteiger partial charge in [0, 0.05) is 13.5 Å². The van der Waals surface area contributed by atoms with E-state index in [1.807, 2.05) is 0 Å². The first-order chi connectivity index (χ1) is 5.00. The molecule has 3 heteroatoms. The first kappa shape index (κ1) is 10.1. The number of likely N-dealkylation sites (N-methyl/N-ethyl adjacent to an activating group) is 1. The fraction of sp³-hybridized carbons (Fsp3) is 0.750. The molecule has 0 aromatic heterocycles. The second-order valence-corrected chi connectivity index (χ2v) is 2.64. The van der Waals surface area contributed by atoms with E-state index >= 15 is 0 Å². The molecule has 0 saturated carbocycles. The van der Waals surface area contributed by atoms with Crippen LogP contribution in [0.1, 0.15) is 27.2 Å². The van der Waals surface area contributed by atoms with E-state index in [1.54, 1.807) is 20.9 Å². The molecule has 0 aromatic carbocycles. The summed E-state index contributed by atoms with van der Waals surface area (Å²) in [5, 5.41) is 0. The number of nitrogens with zero attached hydrogens (tertiary/aromatic N) is 1. The number of carbonyl (C=O) groups excluding carboxylic acids is 2. The van der Waals surface area contributed by atoms with Gasteiger partial charge < -0.3 is 4.90 Å². The summed E-state index contributed by atoms with van der Waals surface area (Å²) in [7, 11) is 1.65. The van der Waals surface area contributed by atoms with Gasteiger partial charge in [-0.2, -0.15) is 0 Å². The Balaban J connectivity index is 4.12. The highest BCUT2D eigenvalue weighted by atomic mass is 16.2. The molecule has 0 aliphatic heterocycles. The molecule has 0 saturated heterocycles. The Labute approximate surface area is 67.4 Å². The van der Waals surface area contributed by atoms with E-state index in [-0.39, 0.29) is 17.7 Å². The van der Waals surface area contributed by atoms with Crippen LogP contribution in [0.3, 0.4) is 0 Å². The number of carbonyl (C=O) groups is 2. The number of amides is 1. The van der Waals surface area contributed by atoms with Gasteiger partial charge in [0.1, 0.15) is 0 Å². The molecule has 0 N–H and O–H groups in total. The minimum atomic E-state index is -0.289. The maximum atomic E-state index is 11.0. The van der Waals surface area contributed by atoms with Crippen molar-refractivity contribution >= 4 is 11.7 Å². The number of ketones is 1. The first-order valence-electron chi connectivity index (χ1n) is 3.76. The maximum Gasteiger partial charge on any atom is 0.222 e. The van der Waals surface area contributed by atoms with E-state index < -0.39 is 0 Å². The van der Waals surface area contributed by atoms with Crippen molar-refractivity contribution in [3.05, 3.63) is 0 Å². The van der Waals surface area contributed by atoms with Gasteiger partial charge in [0.15, 0.2) is 5.78 Å². The lowest BCUT2D eigenvalue weighted by Gasteiger charge is -2.21. The molecule has 0 aliphatic rings. The largest absolute Gasteiger partial charge is 0.336 e. The molecule has 1 unspecified atom stereocenters. The third-order valence-corrected chi connectivity index (χ3v) is 1.87. The summed E-state index contributed by atoms with van der Waals surface area (Å²) in [5.74, 6) is 0.0296. The first-order valence-corrected chi connectivity index (χ1v) is 3.76. The highest BCUT2D eigenvalue weighted by molar-refractivity contribution is 5.86. The zero-order valence-corrected chi connectivity index (χ0v) is 7.55. The zero-order valence-electron chi connectivity index (χ0n) is 7.55. The van der Waals surface area contributed by atoms with Gasteiger partial charge in [-0.15, -0.1) is 0 Å². The van der Waals surface area contributed by atoms with Gasteiger partial charge in [-0.05, 0) is 13.8 Å². The lowest BCUT2D eigenvalue weighted by atomic mass is 10.2. The topological polar surface area (TPSA) is 37.4 Å². The molecule has 11 heavy (non-hydrogen) atoms. The van der Waals surface area contributed by atoms with Crippen molar-refractivity contribution in [3.8, 4) is 0 Å². The van der Waals surface area contributed by atoms with Crippen molar-refractivity contribution in [2.75, 3.05) is 7.05 Å². The van der Waals surface area contributed by atoms with Crippen LogP contribution in [0.5, 0.6) is 0 Å². The molecule has 0 radical (unpaired) electrons. The van der Waals surface area contributed by atoms with E-state index in [4.69, 9.17) is 0 Å². The smallest absolute Gasteiger partial charge is 0.222 e. The predicted octanol–water partition coefficient (Wildman–Crippen LogP) is 0.832. The van der Waals surface area contributed by atoms with Gasteiger partial charge in [0.05, 0.1) is 6.04 Å². The summed E-state index contributed by atoms with van der Waals surface area (Å²) >= 11 is 0. The van der Waals surface area contributed by atoms with Crippen molar-refractivity contribution in [1.82, 2.24) is 4.90 Å². The van der Waals surface area contributed by atoms with E-state index in [1.165, 1.54) is 11.8 Å². The predicted molar refractivity (Wildman–Crippen MR) is 43.2 cm³/mol. The minimum absolute atomic E-state index is 0.00713. The van der Waals surface area contributed by atoms with Gasteiger partial charge in [0.2, 0.25) is 5.91 Å². The Bertz CT molecular complexity index is 165. The maximum absolute atomic E-state index is 11.0. The Morgan fingerprint density at radius 3 is 2.18 bits per heavy atom. The van der Waals surface area contributed by atoms with Crippen LogP contribution in [-0.2, 0) is 9.59 Å². The fourth-order valence-electron chi connectivity index (χ4n) is 0.738. The molecule has 0 rings (SSSR count). The molecule has 0 heterocycles. The summed E-state index contributed by atoms with van der Waals surface area (Å²) in [6.07, 6.45) is 0.452. The lowest BCUT2D eigenvalue weighted by molar-refractivity contribution is -0.136. The van der Waals surface area contributed by atoms with Crippen LogP contribution in [0, 0.1) is 0 Å². The SMILES string of the molecule is CCC(=O)N(C)C(C)C(C)=O. The van der Waals surface area contributed by atoms with Crippen molar-refractivity contribution in [3.63, 3.8) is 0 Å². The molecular weight excluding hydrogens is 142 g/mol. The van der Waals surface area contributed by atoms with Gasteiger partial charge in [-0.3, -0.25) is 9.59 Å². The van der Waals surface area contributed by atoms with Crippen molar-refractivity contribution in [1.29, 1.82) is 0 Å². The molecule has 1 atom stereocenters. The Kier molecular flexibility index (Phi) is 3.79. The third-order valence-electron chi connectivity index (χ3n) is 1.87. The quantitative estimate of drug-likeness (QED) is 0.608. The molecule has 0 aromatic rings. The van der Waals surface area contributed by atoms with Crippen LogP contribution < -0.4 is 0 Å². The monoisotopic (exact) mass is 157 g/mol. The zero-order chi connectivity index (χ0) is 9.02. The summed E-state index contributed by atoms with van der Waals surface area (Å²) in [6, 6.07) is -0.289. The number of Topliss-reactive ketones (excluding diaryl/α,β-unsaturated/α-hetero) is 1. The summed E-state index contributed by atoms with van der Waals surface area (Å²) in [5.41, 5.74) is 0. The summed E-state index contributed by atoms with van der Waals surface area (Å²) in [6.45, 7) is 5.01. The van der Waals surface area contributed by atoms with Gasteiger partial charge in [-0.1, -0.05) is 6.92 Å². The Morgan fingerprint density at radius 1 is 1.45 bits per heavy atom. The highest BCUT2D eigenvalue weighted by Gasteiger charge is 2.16. The Morgan fingerprint density at radius 2 is 1.91 bits per heavy atom. The van der Waals surface area contributed by atoms with Gasteiger partial charge in [-0.25, -0.2) is 0 Å². The second-order valence-electron chi connectivity index (χ2n) is 2.64. The Hall–Kier alpha value is -0.860. The molecule has 0 bridgehead atoms. The molecule has 3 nitrogen and oxygen atoms in total.